The molecule has 2 rings (SSSR count). The maximum absolute atomic E-state index is 12.9. The summed E-state index contributed by atoms with van der Waals surface area (Å²) in [5.74, 6) is -1.39. The summed E-state index contributed by atoms with van der Waals surface area (Å²) in [6.45, 7) is 0. The lowest BCUT2D eigenvalue weighted by molar-refractivity contribution is -0.139. The van der Waals surface area contributed by atoms with Gasteiger partial charge in [0.1, 0.15) is 12.0 Å². The summed E-state index contributed by atoms with van der Waals surface area (Å²) in [6, 6.07) is 4.98. The molecule has 1 heterocycles. The predicted molar refractivity (Wildman–Crippen MR) is 54.6 cm³/mol. The molecule has 1 saturated heterocycles. The molecule has 0 bridgehead atoms. The molecule has 0 aromatic heterocycles. The van der Waals surface area contributed by atoms with Crippen LogP contribution in [0.2, 0.25) is 0 Å². The molecule has 1 aromatic carbocycles. The van der Waals surface area contributed by atoms with Gasteiger partial charge in [-0.25, -0.2) is 15.2 Å². The standard InChI is InChI=1S/C9H11FN4O2/c10-5-2-1-3-6(4-5)11-8-7(9(15)16)12-14-13-8/h1-4,7-8,11-14H,(H,15,16). The fourth-order valence-electron chi connectivity index (χ4n) is 1.45. The minimum atomic E-state index is -1.01. The lowest BCUT2D eigenvalue weighted by atomic mass is 10.2. The Kier molecular flexibility index (Phi) is 3.00. The number of hydrazine groups is 2. The number of nitrogens with one attached hydrogen (secondary N) is 4. The van der Waals surface area contributed by atoms with Gasteiger partial charge in [0.2, 0.25) is 0 Å². The van der Waals surface area contributed by atoms with Crippen LogP contribution < -0.4 is 21.7 Å². The van der Waals surface area contributed by atoms with Crippen molar-refractivity contribution in [1.82, 2.24) is 16.4 Å². The number of anilines is 1. The van der Waals surface area contributed by atoms with E-state index in [0.29, 0.717) is 5.69 Å². The van der Waals surface area contributed by atoms with Gasteiger partial charge in [0.25, 0.3) is 0 Å². The molecule has 1 aliphatic heterocycles. The normalized spacial score (nSPS) is 24.3. The largest absolute Gasteiger partial charge is 0.480 e. The molecule has 7 heteroatoms. The molecule has 0 saturated carbocycles. The van der Waals surface area contributed by atoms with E-state index >= 15 is 0 Å². The second-order valence-corrected chi connectivity index (χ2v) is 3.36. The van der Waals surface area contributed by atoms with Gasteiger partial charge in [-0.3, -0.25) is 4.79 Å². The maximum Gasteiger partial charge on any atom is 0.325 e. The van der Waals surface area contributed by atoms with E-state index in [0.717, 1.165) is 0 Å². The van der Waals surface area contributed by atoms with Crippen LogP contribution in [-0.4, -0.2) is 23.3 Å². The lowest BCUT2D eigenvalue weighted by Gasteiger charge is -2.17. The number of halogens is 1. The maximum atomic E-state index is 12.9. The quantitative estimate of drug-likeness (QED) is 0.483. The average Bonchev–Trinajstić information content (AvgIpc) is 2.66. The SMILES string of the molecule is O=C(O)C1NNNC1Nc1cccc(F)c1. The van der Waals surface area contributed by atoms with E-state index < -0.39 is 18.2 Å². The molecule has 5 N–H and O–H groups in total. The summed E-state index contributed by atoms with van der Waals surface area (Å²) in [7, 11) is 0. The summed E-state index contributed by atoms with van der Waals surface area (Å²) in [6.07, 6.45) is -0.556. The molecule has 2 atom stereocenters. The zero-order valence-corrected chi connectivity index (χ0v) is 8.20. The van der Waals surface area contributed by atoms with Crippen molar-refractivity contribution in [3.05, 3.63) is 30.1 Å². The van der Waals surface area contributed by atoms with Crippen molar-refractivity contribution in [2.45, 2.75) is 12.2 Å². The third-order valence-electron chi connectivity index (χ3n) is 2.20. The van der Waals surface area contributed by atoms with Crippen LogP contribution in [0.3, 0.4) is 0 Å². The van der Waals surface area contributed by atoms with E-state index in [9.17, 15) is 9.18 Å². The Morgan fingerprint density at radius 1 is 1.44 bits per heavy atom. The van der Waals surface area contributed by atoms with Crippen molar-refractivity contribution < 1.29 is 14.3 Å². The summed E-state index contributed by atoms with van der Waals surface area (Å²) in [5.41, 5.74) is 8.21. The summed E-state index contributed by atoms with van der Waals surface area (Å²) >= 11 is 0. The van der Waals surface area contributed by atoms with Crippen molar-refractivity contribution in [3.63, 3.8) is 0 Å². The molecule has 0 spiro atoms. The molecule has 0 radical (unpaired) electrons. The van der Waals surface area contributed by atoms with Crippen LogP contribution >= 0.6 is 0 Å². The first kappa shape index (κ1) is 10.8. The monoisotopic (exact) mass is 226 g/mol. The zero-order chi connectivity index (χ0) is 11.5. The van der Waals surface area contributed by atoms with Crippen LogP contribution in [0.25, 0.3) is 0 Å². The predicted octanol–water partition coefficient (Wildman–Crippen LogP) is -0.371. The number of hydrogen-bond donors (Lipinski definition) is 5. The number of rotatable bonds is 3. The van der Waals surface area contributed by atoms with Gasteiger partial charge >= 0.3 is 5.97 Å². The van der Waals surface area contributed by atoms with Gasteiger partial charge in [-0.2, -0.15) is 5.53 Å². The molecule has 86 valence electrons. The van der Waals surface area contributed by atoms with Crippen LogP contribution in [-0.2, 0) is 4.79 Å². The number of carboxylic acids is 1. The first-order valence-corrected chi connectivity index (χ1v) is 4.68. The van der Waals surface area contributed by atoms with Crippen molar-refractivity contribution in [3.8, 4) is 0 Å². The molecule has 16 heavy (non-hydrogen) atoms. The smallest absolute Gasteiger partial charge is 0.325 e. The van der Waals surface area contributed by atoms with E-state index in [1.54, 1.807) is 12.1 Å². The topological polar surface area (TPSA) is 85.4 Å². The van der Waals surface area contributed by atoms with Crippen molar-refractivity contribution in [2.24, 2.45) is 0 Å². The first-order valence-electron chi connectivity index (χ1n) is 4.68. The summed E-state index contributed by atoms with van der Waals surface area (Å²) in [5, 5.41) is 11.7. The number of carbonyl (C=O) groups is 1. The average molecular weight is 226 g/mol. The minimum Gasteiger partial charge on any atom is -0.480 e. The third kappa shape index (κ3) is 2.27. The number of carboxylic acid groups (broad SMARTS) is 1. The van der Waals surface area contributed by atoms with Crippen LogP contribution in [0, 0.1) is 5.82 Å². The van der Waals surface area contributed by atoms with Crippen molar-refractivity contribution in [2.75, 3.05) is 5.32 Å². The van der Waals surface area contributed by atoms with Gasteiger partial charge in [0, 0.05) is 5.69 Å². The molecule has 1 fully saturated rings. The second kappa shape index (κ2) is 4.44. The van der Waals surface area contributed by atoms with Gasteiger partial charge in [-0.1, -0.05) is 6.07 Å². The summed E-state index contributed by atoms with van der Waals surface area (Å²) < 4.78 is 12.9. The molecule has 2 unspecified atom stereocenters. The molecule has 1 aliphatic rings. The Morgan fingerprint density at radius 3 is 2.94 bits per heavy atom. The zero-order valence-electron chi connectivity index (χ0n) is 8.20. The Labute approximate surface area is 90.8 Å². The third-order valence-corrected chi connectivity index (χ3v) is 2.20. The van der Waals surface area contributed by atoms with Gasteiger partial charge in [0.15, 0.2) is 6.04 Å². The Balaban J connectivity index is 2.06. The van der Waals surface area contributed by atoms with Gasteiger partial charge in [0.05, 0.1) is 0 Å². The highest BCUT2D eigenvalue weighted by Gasteiger charge is 2.32. The fraction of sp³-hybridized carbons (Fsp3) is 0.222. The summed E-state index contributed by atoms with van der Waals surface area (Å²) in [4.78, 5) is 10.8. The van der Waals surface area contributed by atoms with Gasteiger partial charge < -0.3 is 10.4 Å². The van der Waals surface area contributed by atoms with E-state index in [2.05, 4.69) is 21.7 Å². The lowest BCUT2D eigenvalue weighted by Crippen LogP contribution is -2.45. The Bertz CT molecular complexity index is 401. The van der Waals surface area contributed by atoms with Gasteiger partial charge in [-0.15, -0.1) is 0 Å². The van der Waals surface area contributed by atoms with E-state index in [1.165, 1.54) is 12.1 Å². The molecule has 0 amide bonds. The minimum absolute atomic E-state index is 0.379. The molecular weight excluding hydrogens is 215 g/mol. The number of benzene rings is 1. The highest BCUT2D eigenvalue weighted by Crippen LogP contribution is 2.11. The number of aliphatic carboxylic acids is 1. The molecule has 0 aliphatic carbocycles. The van der Waals surface area contributed by atoms with E-state index in [-0.39, 0.29) is 5.82 Å². The molecule has 1 aromatic rings. The fourth-order valence-corrected chi connectivity index (χ4v) is 1.45. The first-order chi connectivity index (χ1) is 7.66. The van der Waals surface area contributed by atoms with Crippen LogP contribution in [0.4, 0.5) is 10.1 Å². The van der Waals surface area contributed by atoms with Crippen molar-refractivity contribution >= 4 is 11.7 Å². The van der Waals surface area contributed by atoms with Crippen LogP contribution in [0.5, 0.6) is 0 Å². The molecule has 6 nitrogen and oxygen atoms in total. The molecular formula is C9H11FN4O2. The number of hydrogen-bond acceptors (Lipinski definition) is 5. The Morgan fingerprint density at radius 2 is 2.25 bits per heavy atom. The van der Waals surface area contributed by atoms with Crippen LogP contribution in [0.1, 0.15) is 0 Å². The van der Waals surface area contributed by atoms with E-state index in [4.69, 9.17) is 5.11 Å². The highest BCUT2D eigenvalue weighted by atomic mass is 19.1. The van der Waals surface area contributed by atoms with Gasteiger partial charge in [-0.05, 0) is 18.2 Å². The second-order valence-electron chi connectivity index (χ2n) is 3.36. The Hall–Kier alpha value is -1.70. The van der Waals surface area contributed by atoms with Crippen molar-refractivity contribution in [1.29, 1.82) is 0 Å². The highest BCUT2D eigenvalue weighted by molar-refractivity contribution is 5.75. The van der Waals surface area contributed by atoms with E-state index in [1.807, 2.05) is 0 Å². The van der Waals surface area contributed by atoms with Crippen LogP contribution in [0.15, 0.2) is 24.3 Å².